The molecular formula is C22H25NO5. The van der Waals surface area contributed by atoms with Gasteiger partial charge in [0.15, 0.2) is 23.9 Å². The molecule has 6 nitrogen and oxygen atoms in total. The highest BCUT2D eigenvalue weighted by Crippen LogP contribution is 2.28. The zero-order valence-electron chi connectivity index (χ0n) is 16.4. The first-order chi connectivity index (χ1) is 13.6. The summed E-state index contributed by atoms with van der Waals surface area (Å²) < 4.78 is 16.2. The van der Waals surface area contributed by atoms with Crippen LogP contribution in [0.25, 0.3) is 6.08 Å². The van der Waals surface area contributed by atoms with Crippen molar-refractivity contribution >= 4 is 17.8 Å². The number of ether oxygens (including phenoxy) is 3. The molecule has 6 heteroatoms. The van der Waals surface area contributed by atoms with Crippen LogP contribution in [-0.2, 0) is 4.79 Å². The number of likely N-dealkylation sites (N-methyl/N-ethyl adjacent to an activating group) is 1. The van der Waals surface area contributed by atoms with Crippen molar-refractivity contribution in [2.45, 2.75) is 13.8 Å². The number of methoxy groups -OCH3 is 1. The molecule has 0 aliphatic carbocycles. The van der Waals surface area contributed by atoms with Crippen LogP contribution in [0.3, 0.4) is 0 Å². The molecule has 1 N–H and O–H groups in total. The van der Waals surface area contributed by atoms with Gasteiger partial charge in [0, 0.05) is 12.1 Å². The highest BCUT2D eigenvalue weighted by Gasteiger charge is 2.08. The first kappa shape index (κ1) is 21.0. The van der Waals surface area contributed by atoms with E-state index in [9.17, 15) is 9.59 Å². The molecule has 0 aliphatic rings. The predicted molar refractivity (Wildman–Crippen MR) is 108 cm³/mol. The molecular weight excluding hydrogens is 358 g/mol. The van der Waals surface area contributed by atoms with Gasteiger partial charge in [0.2, 0.25) is 0 Å². The number of carbonyl (C=O) groups is 2. The number of allylic oxidation sites excluding steroid dienone is 1. The number of amides is 1. The standard InChI is InChI=1S/C22H25NO5/c1-4-23-22(25)15-28-20-13-7-16(14-21(20)26-3)6-12-19(24)17-8-10-18(11-9-17)27-5-2/h6-14H,4-5,15H2,1-3H3,(H,23,25)/b12-6+. The largest absolute Gasteiger partial charge is 0.494 e. The Balaban J connectivity index is 2.04. The van der Waals surface area contributed by atoms with Gasteiger partial charge in [0.05, 0.1) is 13.7 Å². The van der Waals surface area contributed by atoms with Gasteiger partial charge in [-0.1, -0.05) is 12.1 Å². The van der Waals surface area contributed by atoms with E-state index in [0.29, 0.717) is 30.2 Å². The summed E-state index contributed by atoms with van der Waals surface area (Å²) in [5, 5.41) is 2.66. The van der Waals surface area contributed by atoms with Crippen molar-refractivity contribution in [1.82, 2.24) is 5.32 Å². The Kier molecular flexibility index (Phi) is 8.09. The quantitative estimate of drug-likeness (QED) is 0.502. The van der Waals surface area contributed by atoms with Crippen LogP contribution in [0.1, 0.15) is 29.8 Å². The maximum atomic E-state index is 12.3. The first-order valence-electron chi connectivity index (χ1n) is 9.10. The molecule has 0 unspecified atom stereocenters. The average molecular weight is 383 g/mol. The second-order valence-corrected chi connectivity index (χ2v) is 5.81. The summed E-state index contributed by atoms with van der Waals surface area (Å²) in [5.41, 5.74) is 1.36. The predicted octanol–water partition coefficient (Wildman–Crippen LogP) is 3.50. The van der Waals surface area contributed by atoms with Crippen molar-refractivity contribution in [3.05, 3.63) is 59.7 Å². The molecule has 2 aromatic rings. The molecule has 28 heavy (non-hydrogen) atoms. The van der Waals surface area contributed by atoms with Crippen molar-refractivity contribution < 1.29 is 23.8 Å². The van der Waals surface area contributed by atoms with Crippen LogP contribution in [0.15, 0.2) is 48.5 Å². The Labute approximate surface area is 165 Å². The fraction of sp³-hybridized carbons (Fsp3) is 0.273. The van der Waals surface area contributed by atoms with E-state index in [-0.39, 0.29) is 18.3 Å². The molecule has 148 valence electrons. The summed E-state index contributed by atoms with van der Waals surface area (Å²) in [6.07, 6.45) is 3.20. The Bertz CT molecular complexity index is 827. The number of hydrogen-bond acceptors (Lipinski definition) is 5. The number of hydrogen-bond donors (Lipinski definition) is 1. The maximum Gasteiger partial charge on any atom is 0.257 e. The van der Waals surface area contributed by atoms with Crippen molar-refractivity contribution in [2.24, 2.45) is 0 Å². The molecule has 1 amide bonds. The van der Waals surface area contributed by atoms with Gasteiger partial charge in [-0.05, 0) is 61.9 Å². The highest BCUT2D eigenvalue weighted by atomic mass is 16.5. The van der Waals surface area contributed by atoms with Crippen LogP contribution in [0.5, 0.6) is 17.2 Å². The summed E-state index contributed by atoms with van der Waals surface area (Å²) in [5.74, 6) is 1.37. The summed E-state index contributed by atoms with van der Waals surface area (Å²) in [6.45, 7) is 4.79. The highest BCUT2D eigenvalue weighted by molar-refractivity contribution is 6.06. The molecule has 2 aromatic carbocycles. The SMILES string of the molecule is CCNC(=O)COc1ccc(/C=C/C(=O)c2ccc(OCC)cc2)cc1OC. The second kappa shape index (κ2) is 10.8. The summed E-state index contributed by atoms with van der Waals surface area (Å²) in [6, 6.07) is 12.3. The maximum absolute atomic E-state index is 12.3. The zero-order chi connectivity index (χ0) is 20.4. The number of nitrogens with one attached hydrogen (secondary N) is 1. The van der Waals surface area contributed by atoms with E-state index in [1.54, 1.807) is 48.5 Å². The van der Waals surface area contributed by atoms with E-state index in [1.165, 1.54) is 13.2 Å². The smallest absolute Gasteiger partial charge is 0.257 e. The van der Waals surface area contributed by atoms with Gasteiger partial charge in [0.1, 0.15) is 5.75 Å². The van der Waals surface area contributed by atoms with Crippen LogP contribution < -0.4 is 19.5 Å². The number of benzene rings is 2. The lowest BCUT2D eigenvalue weighted by Crippen LogP contribution is -2.28. The Morgan fingerprint density at radius 1 is 1.00 bits per heavy atom. The molecule has 0 aliphatic heterocycles. The number of rotatable bonds is 10. The molecule has 0 aromatic heterocycles. The molecule has 0 saturated carbocycles. The second-order valence-electron chi connectivity index (χ2n) is 5.81. The van der Waals surface area contributed by atoms with Crippen molar-refractivity contribution in [1.29, 1.82) is 0 Å². The molecule has 0 radical (unpaired) electrons. The Morgan fingerprint density at radius 3 is 2.39 bits per heavy atom. The third kappa shape index (κ3) is 6.16. The topological polar surface area (TPSA) is 73.9 Å². The molecule has 0 fully saturated rings. The van der Waals surface area contributed by atoms with Crippen molar-refractivity contribution in [2.75, 3.05) is 26.9 Å². The summed E-state index contributed by atoms with van der Waals surface area (Å²) >= 11 is 0. The third-order valence-electron chi connectivity index (χ3n) is 3.80. The lowest BCUT2D eigenvalue weighted by atomic mass is 10.1. The fourth-order valence-electron chi connectivity index (χ4n) is 2.45. The van der Waals surface area contributed by atoms with Crippen molar-refractivity contribution in [3.63, 3.8) is 0 Å². The number of ketones is 1. The lowest BCUT2D eigenvalue weighted by molar-refractivity contribution is -0.123. The van der Waals surface area contributed by atoms with Crippen LogP contribution in [-0.4, -0.2) is 38.6 Å². The van der Waals surface area contributed by atoms with Gasteiger partial charge in [-0.25, -0.2) is 0 Å². The normalized spacial score (nSPS) is 10.5. The molecule has 0 bridgehead atoms. The van der Waals surface area contributed by atoms with Gasteiger partial charge in [-0.3, -0.25) is 9.59 Å². The summed E-state index contributed by atoms with van der Waals surface area (Å²) in [7, 11) is 1.52. The minimum Gasteiger partial charge on any atom is -0.494 e. The van der Waals surface area contributed by atoms with E-state index in [4.69, 9.17) is 14.2 Å². The average Bonchev–Trinajstić information content (AvgIpc) is 2.71. The van der Waals surface area contributed by atoms with Gasteiger partial charge in [-0.15, -0.1) is 0 Å². The van der Waals surface area contributed by atoms with Gasteiger partial charge >= 0.3 is 0 Å². The van der Waals surface area contributed by atoms with E-state index in [1.807, 2.05) is 13.8 Å². The van der Waals surface area contributed by atoms with Gasteiger partial charge in [0.25, 0.3) is 5.91 Å². The fourth-order valence-corrected chi connectivity index (χ4v) is 2.45. The molecule has 2 rings (SSSR count). The van der Waals surface area contributed by atoms with E-state index >= 15 is 0 Å². The Morgan fingerprint density at radius 2 is 1.75 bits per heavy atom. The lowest BCUT2D eigenvalue weighted by Gasteiger charge is -2.11. The Hall–Kier alpha value is -3.28. The van der Waals surface area contributed by atoms with Crippen LogP contribution >= 0.6 is 0 Å². The zero-order valence-corrected chi connectivity index (χ0v) is 16.4. The number of carbonyl (C=O) groups excluding carboxylic acids is 2. The third-order valence-corrected chi connectivity index (χ3v) is 3.80. The molecule has 0 heterocycles. The molecule has 0 spiro atoms. The van der Waals surface area contributed by atoms with E-state index in [2.05, 4.69) is 5.32 Å². The van der Waals surface area contributed by atoms with E-state index < -0.39 is 0 Å². The van der Waals surface area contributed by atoms with Crippen LogP contribution in [0, 0.1) is 0 Å². The monoisotopic (exact) mass is 383 g/mol. The van der Waals surface area contributed by atoms with Gasteiger partial charge < -0.3 is 19.5 Å². The molecule has 0 atom stereocenters. The van der Waals surface area contributed by atoms with Crippen LogP contribution in [0.4, 0.5) is 0 Å². The minimum absolute atomic E-state index is 0.0877. The first-order valence-corrected chi connectivity index (χ1v) is 9.10. The summed E-state index contributed by atoms with van der Waals surface area (Å²) in [4.78, 5) is 23.8. The molecule has 0 saturated heterocycles. The van der Waals surface area contributed by atoms with Crippen LogP contribution in [0.2, 0.25) is 0 Å². The van der Waals surface area contributed by atoms with E-state index in [0.717, 1.165) is 11.3 Å². The minimum atomic E-state index is -0.200. The van der Waals surface area contributed by atoms with Gasteiger partial charge in [-0.2, -0.15) is 0 Å². The van der Waals surface area contributed by atoms with Crippen molar-refractivity contribution in [3.8, 4) is 17.2 Å².